The van der Waals surface area contributed by atoms with Gasteiger partial charge in [-0.3, -0.25) is 4.79 Å². The summed E-state index contributed by atoms with van der Waals surface area (Å²) in [7, 11) is 0. The maximum absolute atomic E-state index is 10.6. The predicted octanol–water partition coefficient (Wildman–Crippen LogP) is 3.79. The largest absolute Gasteiger partial charge is 0.487 e. The van der Waals surface area contributed by atoms with Crippen LogP contribution in [0.5, 0.6) is 5.75 Å². The molecule has 20 heavy (non-hydrogen) atoms. The SMILES string of the molecule is O=Cc1ccc(OCc2cc(-c3cccs3)on2)cc1. The fourth-order valence-electron chi connectivity index (χ4n) is 1.71. The Morgan fingerprint density at radius 2 is 2.10 bits per heavy atom. The molecule has 100 valence electrons. The Bertz CT molecular complexity index is 686. The molecule has 4 nitrogen and oxygen atoms in total. The minimum absolute atomic E-state index is 0.329. The van der Waals surface area contributed by atoms with Gasteiger partial charge < -0.3 is 9.26 Å². The van der Waals surface area contributed by atoms with Crippen molar-refractivity contribution in [1.29, 1.82) is 0 Å². The zero-order chi connectivity index (χ0) is 13.8. The van der Waals surface area contributed by atoms with Gasteiger partial charge in [-0.15, -0.1) is 11.3 Å². The van der Waals surface area contributed by atoms with Crippen molar-refractivity contribution in [2.45, 2.75) is 6.61 Å². The van der Waals surface area contributed by atoms with Crippen LogP contribution in [-0.2, 0) is 6.61 Å². The van der Waals surface area contributed by atoms with Gasteiger partial charge in [0.2, 0.25) is 0 Å². The summed E-state index contributed by atoms with van der Waals surface area (Å²) < 4.78 is 10.9. The van der Waals surface area contributed by atoms with Crippen LogP contribution in [0.4, 0.5) is 0 Å². The third-order valence-electron chi connectivity index (χ3n) is 2.73. The number of rotatable bonds is 5. The fourth-order valence-corrected chi connectivity index (χ4v) is 2.39. The number of hydrogen-bond acceptors (Lipinski definition) is 5. The molecule has 1 aromatic carbocycles. The van der Waals surface area contributed by atoms with Crippen molar-refractivity contribution in [3.63, 3.8) is 0 Å². The van der Waals surface area contributed by atoms with Gasteiger partial charge in [-0.25, -0.2) is 0 Å². The minimum Gasteiger partial charge on any atom is -0.487 e. The van der Waals surface area contributed by atoms with Gasteiger partial charge in [-0.1, -0.05) is 11.2 Å². The van der Waals surface area contributed by atoms with Crippen molar-refractivity contribution >= 4 is 17.6 Å². The molecule has 0 saturated heterocycles. The summed E-state index contributed by atoms with van der Waals surface area (Å²) in [5.41, 5.74) is 1.35. The van der Waals surface area contributed by atoms with E-state index in [1.54, 1.807) is 35.6 Å². The molecule has 0 N–H and O–H groups in total. The second kappa shape index (κ2) is 5.71. The predicted molar refractivity (Wildman–Crippen MR) is 76.0 cm³/mol. The van der Waals surface area contributed by atoms with Gasteiger partial charge in [-0.05, 0) is 35.7 Å². The molecule has 0 aliphatic rings. The van der Waals surface area contributed by atoms with Gasteiger partial charge in [-0.2, -0.15) is 0 Å². The van der Waals surface area contributed by atoms with E-state index in [-0.39, 0.29) is 0 Å². The lowest BCUT2D eigenvalue weighted by Crippen LogP contribution is -1.95. The molecule has 0 amide bonds. The Labute approximate surface area is 119 Å². The lowest BCUT2D eigenvalue weighted by molar-refractivity contribution is 0.112. The van der Waals surface area contributed by atoms with E-state index in [1.807, 2.05) is 23.6 Å². The maximum atomic E-state index is 10.6. The van der Waals surface area contributed by atoms with Crippen molar-refractivity contribution in [3.8, 4) is 16.4 Å². The monoisotopic (exact) mass is 285 g/mol. The Morgan fingerprint density at radius 1 is 1.25 bits per heavy atom. The molecule has 2 aromatic heterocycles. The number of hydrogen-bond donors (Lipinski definition) is 0. The molecule has 3 rings (SSSR count). The van der Waals surface area contributed by atoms with E-state index >= 15 is 0 Å². The van der Waals surface area contributed by atoms with E-state index in [0.29, 0.717) is 17.9 Å². The van der Waals surface area contributed by atoms with Gasteiger partial charge in [0.05, 0.1) is 4.88 Å². The first-order valence-corrected chi connectivity index (χ1v) is 6.90. The van der Waals surface area contributed by atoms with Crippen LogP contribution in [-0.4, -0.2) is 11.4 Å². The molecule has 0 radical (unpaired) electrons. The minimum atomic E-state index is 0.329. The molecular weight excluding hydrogens is 274 g/mol. The van der Waals surface area contributed by atoms with Gasteiger partial charge >= 0.3 is 0 Å². The van der Waals surface area contributed by atoms with Crippen LogP contribution in [0.3, 0.4) is 0 Å². The third kappa shape index (κ3) is 2.78. The normalized spacial score (nSPS) is 10.4. The van der Waals surface area contributed by atoms with E-state index in [0.717, 1.165) is 22.6 Å². The van der Waals surface area contributed by atoms with E-state index < -0.39 is 0 Å². The van der Waals surface area contributed by atoms with Crippen molar-refractivity contribution in [1.82, 2.24) is 5.16 Å². The number of carbonyl (C=O) groups excluding carboxylic acids is 1. The number of aromatic nitrogens is 1. The number of ether oxygens (including phenoxy) is 1. The van der Waals surface area contributed by atoms with Crippen molar-refractivity contribution in [2.24, 2.45) is 0 Å². The van der Waals surface area contributed by atoms with Crippen LogP contribution in [0.25, 0.3) is 10.6 Å². The standard InChI is InChI=1S/C15H11NO3S/c17-9-11-3-5-13(6-4-11)18-10-12-8-14(19-16-12)15-2-1-7-20-15/h1-9H,10H2. The highest BCUT2D eigenvalue weighted by molar-refractivity contribution is 7.13. The Kier molecular flexibility index (Phi) is 3.60. The van der Waals surface area contributed by atoms with Gasteiger partial charge in [0.15, 0.2) is 5.76 Å². The molecule has 0 fully saturated rings. The smallest absolute Gasteiger partial charge is 0.177 e. The van der Waals surface area contributed by atoms with Gasteiger partial charge in [0.25, 0.3) is 0 Å². The van der Waals surface area contributed by atoms with Crippen LogP contribution in [0.15, 0.2) is 52.4 Å². The lowest BCUT2D eigenvalue weighted by Gasteiger charge is -2.02. The summed E-state index contributed by atoms with van der Waals surface area (Å²) in [6.07, 6.45) is 0.800. The number of nitrogens with zero attached hydrogens (tertiary/aromatic N) is 1. The number of carbonyl (C=O) groups is 1. The number of benzene rings is 1. The van der Waals surface area contributed by atoms with Crippen molar-refractivity contribution in [3.05, 3.63) is 59.1 Å². The molecule has 5 heteroatoms. The highest BCUT2D eigenvalue weighted by atomic mass is 32.1. The second-order valence-electron chi connectivity index (χ2n) is 4.14. The lowest BCUT2D eigenvalue weighted by atomic mass is 10.2. The zero-order valence-electron chi connectivity index (χ0n) is 10.5. The van der Waals surface area contributed by atoms with Crippen LogP contribution in [0.2, 0.25) is 0 Å². The highest BCUT2D eigenvalue weighted by Gasteiger charge is 2.08. The Balaban J connectivity index is 1.64. The van der Waals surface area contributed by atoms with Crippen LogP contribution < -0.4 is 4.74 Å². The van der Waals surface area contributed by atoms with E-state index in [9.17, 15) is 4.79 Å². The highest BCUT2D eigenvalue weighted by Crippen LogP contribution is 2.25. The summed E-state index contributed by atoms with van der Waals surface area (Å²) in [4.78, 5) is 11.6. The molecule has 0 aliphatic heterocycles. The molecule has 0 bridgehead atoms. The van der Waals surface area contributed by atoms with E-state index in [4.69, 9.17) is 9.26 Å². The third-order valence-corrected chi connectivity index (χ3v) is 3.61. The molecule has 0 saturated carbocycles. The zero-order valence-corrected chi connectivity index (χ0v) is 11.3. The van der Waals surface area contributed by atoms with Crippen LogP contribution >= 0.6 is 11.3 Å². The van der Waals surface area contributed by atoms with Crippen LogP contribution in [0.1, 0.15) is 16.1 Å². The summed E-state index contributed by atoms with van der Waals surface area (Å²) in [5.74, 6) is 1.44. The Morgan fingerprint density at radius 3 is 2.80 bits per heavy atom. The summed E-state index contributed by atoms with van der Waals surface area (Å²) in [6, 6.07) is 12.7. The molecule has 0 atom stereocenters. The first kappa shape index (κ1) is 12.6. The average Bonchev–Trinajstić information content (AvgIpc) is 3.16. The molecule has 2 heterocycles. The number of thiophene rings is 1. The molecular formula is C15H11NO3S. The maximum Gasteiger partial charge on any atom is 0.177 e. The topological polar surface area (TPSA) is 52.3 Å². The Hall–Kier alpha value is -2.40. The molecule has 0 unspecified atom stereocenters. The quantitative estimate of drug-likeness (QED) is 0.669. The fraction of sp³-hybridized carbons (Fsp3) is 0.0667. The van der Waals surface area contributed by atoms with E-state index in [2.05, 4.69) is 5.16 Å². The summed E-state index contributed by atoms with van der Waals surface area (Å²) >= 11 is 1.60. The molecule has 0 aliphatic carbocycles. The number of aldehydes is 1. The van der Waals surface area contributed by atoms with Crippen molar-refractivity contribution in [2.75, 3.05) is 0 Å². The van der Waals surface area contributed by atoms with Gasteiger partial charge in [0, 0.05) is 11.6 Å². The van der Waals surface area contributed by atoms with E-state index in [1.165, 1.54) is 0 Å². The first-order valence-electron chi connectivity index (χ1n) is 6.02. The van der Waals surface area contributed by atoms with Crippen LogP contribution in [0, 0.1) is 0 Å². The molecule has 3 aromatic rings. The van der Waals surface area contributed by atoms with Gasteiger partial charge in [0.1, 0.15) is 24.3 Å². The molecule has 0 spiro atoms. The average molecular weight is 285 g/mol. The summed E-state index contributed by atoms with van der Waals surface area (Å²) in [6.45, 7) is 0.329. The summed E-state index contributed by atoms with van der Waals surface area (Å²) in [5, 5.41) is 5.96. The first-order chi connectivity index (χ1) is 9.85. The second-order valence-corrected chi connectivity index (χ2v) is 5.08. The van der Waals surface area contributed by atoms with Crippen molar-refractivity contribution < 1.29 is 14.1 Å².